The standard InChI is InChI=1S/C19H21ClN4O3/c1-13-11-16(22-27-13)21-17(25)19(5-6-19)18(26)24-9-7-23(8-10-24)15-4-2-3-14(20)12-15/h2-4,11-12H,5-10H2,1H3,(H,21,22,25). The molecule has 1 aliphatic heterocycles. The molecule has 27 heavy (non-hydrogen) atoms. The van der Waals surface area contributed by atoms with E-state index < -0.39 is 5.41 Å². The van der Waals surface area contributed by atoms with Crippen molar-refractivity contribution in [3.8, 4) is 0 Å². The number of nitrogens with zero attached hydrogens (tertiary/aromatic N) is 3. The third kappa shape index (κ3) is 3.51. The van der Waals surface area contributed by atoms with Crippen LogP contribution in [0.2, 0.25) is 5.02 Å². The van der Waals surface area contributed by atoms with Gasteiger partial charge in [0.25, 0.3) is 0 Å². The van der Waals surface area contributed by atoms with Gasteiger partial charge < -0.3 is 19.6 Å². The monoisotopic (exact) mass is 388 g/mol. The van der Waals surface area contributed by atoms with Gasteiger partial charge in [0.2, 0.25) is 11.8 Å². The maximum absolute atomic E-state index is 13.0. The summed E-state index contributed by atoms with van der Waals surface area (Å²) >= 11 is 6.07. The van der Waals surface area contributed by atoms with E-state index in [0.717, 1.165) is 5.69 Å². The third-order valence-corrected chi connectivity index (χ3v) is 5.44. The smallest absolute Gasteiger partial charge is 0.241 e. The van der Waals surface area contributed by atoms with Gasteiger partial charge in [-0.1, -0.05) is 22.8 Å². The minimum absolute atomic E-state index is 0.0917. The molecule has 0 radical (unpaired) electrons. The van der Waals surface area contributed by atoms with Crippen LogP contribution in [0.1, 0.15) is 18.6 Å². The van der Waals surface area contributed by atoms with E-state index in [4.69, 9.17) is 16.1 Å². The van der Waals surface area contributed by atoms with Crippen molar-refractivity contribution in [3.63, 3.8) is 0 Å². The number of benzene rings is 1. The van der Waals surface area contributed by atoms with E-state index in [0.29, 0.717) is 55.6 Å². The molecule has 2 aliphatic rings. The highest BCUT2D eigenvalue weighted by molar-refractivity contribution is 6.30. The van der Waals surface area contributed by atoms with Crippen LogP contribution in [0.5, 0.6) is 0 Å². The van der Waals surface area contributed by atoms with Gasteiger partial charge in [0.05, 0.1) is 0 Å². The van der Waals surface area contributed by atoms with Crippen LogP contribution >= 0.6 is 11.6 Å². The van der Waals surface area contributed by atoms with Crippen molar-refractivity contribution in [3.05, 3.63) is 41.1 Å². The fourth-order valence-corrected chi connectivity index (χ4v) is 3.65. The number of carbonyl (C=O) groups is 2. The van der Waals surface area contributed by atoms with Crippen molar-refractivity contribution < 1.29 is 14.1 Å². The molecule has 2 heterocycles. The summed E-state index contributed by atoms with van der Waals surface area (Å²) in [5, 5.41) is 7.18. The first kappa shape index (κ1) is 17.9. The molecule has 1 aromatic heterocycles. The Hall–Kier alpha value is -2.54. The first-order valence-electron chi connectivity index (χ1n) is 9.03. The number of piperazine rings is 1. The van der Waals surface area contributed by atoms with E-state index in [-0.39, 0.29) is 11.8 Å². The van der Waals surface area contributed by atoms with Crippen molar-refractivity contribution in [2.45, 2.75) is 19.8 Å². The maximum Gasteiger partial charge on any atom is 0.241 e. The predicted molar refractivity (Wildman–Crippen MR) is 102 cm³/mol. The lowest BCUT2D eigenvalue weighted by Crippen LogP contribution is -2.52. The summed E-state index contributed by atoms with van der Waals surface area (Å²) in [6.45, 7) is 4.35. The van der Waals surface area contributed by atoms with Crippen molar-refractivity contribution in [1.82, 2.24) is 10.1 Å². The third-order valence-electron chi connectivity index (χ3n) is 5.20. The average Bonchev–Trinajstić information content (AvgIpc) is 3.39. The molecule has 1 aromatic carbocycles. The fourth-order valence-electron chi connectivity index (χ4n) is 3.47. The zero-order valence-corrected chi connectivity index (χ0v) is 15.8. The second-order valence-electron chi connectivity index (χ2n) is 7.12. The SMILES string of the molecule is Cc1cc(NC(=O)C2(C(=O)N3CCN(c4cccc(Cl)c4)CC3)CC2)no1. The van der Waals surface area contributed by atoms with E-state index in [1.807, 2.05) is 24.3 Å². The number of hydrogen-bond acceptors (Lipinski definition) is 5. The van der Waals surface area contributed by atoms with E-state index in [1.54, 1.807) is 17.9 Å². The molecule has 1 saturated carbocycles. The van der Waals surface area contributed by atoms with Crippen LogP contribution in [-0.2, 0) is 9.59 Å². The van der Waals surface area contributed by atoms with Crippen molar-refractivity contribution in [2.75, 3.05) is 36.4 Å². The van der Waals surface area contributed by atoms with Crippen LogP contribution in [-0.4, -0.2) is 48.0 Å². The number of halogens is 1. The Labute approximate surface area is 162 Å². The van der Waals surface area contributed by atoms with Crippen LogP contribution in [0.4, 0.5) is 11.5 Å². The number of hydrogen-bond donors (Lipinski definition) is 1. The zero-order chi connectivity index (χ0) is 19.0. The van der Waals surface area contributed by atoms with Crippen molar-refractivity contribution in [1.29, 1.82) is 0 Å². The minimum atomic E-state index is -0.953. The van der Waals surface area contributed by atoms with E-state index in [9.17, 15) is 9.59 Å². The molecule has 2 aromatic rings. The molecule has 7 nitrogen and oxygen atoms in total. The molecule has 2 fully saturated rings. The van der Waals surface area contributed by atoms with Crippen molar-refractivity contribution >= 4 is 34.9 Å². The highest BCUT2D eigenvalue weighted by Gasteiger charge is 2.58. The van der Waals surface area contributed by atoms with Gasteiger partial charge in [0, 0.05) is 43.0 Å². The molecule has 1 N–H and O–H groups in total. The Bertz CT molecular complexity index is 869. The highest BCUT2D eigenvalue weighted by atomic mass is 35.5. The number of amides is 2. The average molecular weight is 389 g/mol. The van der Waals surface area contributed by atoms with Gasteiger partial charge in [-0.25, -0.2) is 0 Å². The summed E-state index contributed by atoms with van der Waals surface area (Å²) in [7, 11) is 0. The summed E-state index contributed by atoms with van der Waals surface area (Å²) in [5.41, 5.74) is 0.0975. The normalized spacial score (nSPS) is 18.3. The summed E-state index contributed by atoms with van der Waals surface area (Å²) in [4.78, 5) is 29.6. The topological polar surface area (TPSA) is 78.7 Å². The Morgan fingerprint density at radius 2 is 1.93 bits per heavy atom. The van der Waals surface area contributed by atoms with Gasteiger partial charge >= 0.3 is 0 Å². The van der Waals surface area contributed by atoms with Gasteiger partial charge in [0.15, 0.2) is 5.82 Å². The molecule has 4 rings (SSSR count). The summed E-state index contributed by atoms with van der Waals surface area (Å²) in [6.07, 6.45) is 1.14. The molecule has 142 valence electrons. The quantitative estimate of drug-likeness (QED) is 0.815. The lowest BCUT2D eigenvalue weighted by atomic mass is 10.0. The van der Waals surface area contributed by atoms with Gasteiger partial charge in [-0.15, -0.1) is 0 Å². The zero-order valence-electron chi connectivity index (χ0n) is 15.1. The molecular formula is C19H21ClN4O3. The molecular weight excluding hydrogens is 368 g/mol. The van der Waals surface area contributed by atoms with Gasteiger partial charge in [-0.2, -0.15) is 0 Å². The number of aryl methyl sites for hydroxylation is 1. The summed E-state index contributed by atoms with van der Waals surface area (Å²) < 4.78 is 4.96. The Morgan fingerprint density at radius 3 is 2.52 bits per heavy atom. The lowest BCUT2D eigenvalue weighted by molar-refractivity contribution is -0.142. The molecule has 8 heteroatoms. The van der Waals surface area contributed by atoms with Crippen LogP contribution in [0.15, 0.2) is 34.9 Å². The number of rotatable bonds is 4. The second kappa shape index (κ2) is 6.88. The van der Waals surface area contributed by atoms with E-state index >= 15 is 0 Å². The lowest BCUT2D eigenvalue weighted by Gasteiger charge is -2.37. The van der Waals surface area contributed by atoms with E-state index in [1.165, 1.54) is 0 Å². The maximum atomic E-state index is 13.0. The Kier molecular flexibility index (Phi) is 4.55. The minimum Gasteiger partial charge on any atom is -0.368 e. The van der Waals surface area contributed by atoms with Crippen LogP contribution in [0.25, 0.3) is 0 Å². The highest BCUT2D eigenvalue weighted by Crippen LogP contribution is 2.48. The van der Waals surface area contributed by atoms with Crippen LogP contribution < -0.4 is 10.2 Å². The first-order chi connectivity index (χ1) is 13.0. The molecule has 0 bridgehead atoms. The number of nitrogens with one attached hydrogen (secondary N) is 1. The Balaban J connectivity index is 1.38. The number of anilines is 2. The molecule has 1 saturated heterocycles. The molecule has 1 aliphatic carbocycles. The fraction of sp³-hybridized carbons (Fsp3) is 0.421. The first-order valence-corrected chi connectivity index (χ1v) is 9.40. The molecule has 0 spiro atoms. The number of carbonyl (C=O) groups excluding carboxylic acids is 2. The van der Waals surface area contributed by atoms with Gasteiger partial charge in [-0.05, 0) is 38.0 Å². The van der Waals surface area contributed by atoms with Gasteiger partial charge in [-0.3, -0.25) is 9.59 Å². The van der Waals surface area contributed by atoms with Gasteiger partial charge in [0.1, 0.15) is 11.2 Å². The number of aromatic nitrogens is 1. The van der Waals surface area contributed by atoms with Crippen molar-refractivity contribution in [2.24, 2.45) is 5.41 Å². The largest absolute Gasteiger partial charge is 0.368 e. The predicted octanol–water partition coefficient (Wildman–Crippen LogP) is 2.70. The van der Waals surface area contributed by atoms with Crippen LogP contribution in [0, 0.1) is 12.3 Å². The van der Waals surface area contributed by atoms with Crippen LogP contribution in [0.3, 0.4) is 0 Å². The summed E-state index contributed by atoms with van der Waals surface area (Å²) in [6, 6.07) is 9.34. The second-order valence-corrected chi connectivity index (χ2v) is 7.55. The Morgan fingerprint density at radius 1 is 1.19 bits per heavy atom. The summed E-state index contributed by atoms with van der Waals surface area (Å²) in [5.74, 6) is 0.574. The van der Waals surface area contributed by atoms with E-state index in [2.05, 4.69) is 15.4 Å². The molecule has 0 unspecified atom stereocenters. The molecule has 2 amide bonds. The molecule has 0 atom stereocenters.